The minimum absolute atomic E-state index is 0.190. The zero-order valence-electron chi connectivity index (χ0n) is 12.4. The summed E-state index contributed by atoms with van der Waals surface area (Å²) in [7, 11) is 1.60. The van der Waals surface area contributed by atoms with Crippen molar-refractivity contribution >= 4 is 5.97 Å². The Hall–Kier alpha value is -1.95. The van der Waals surface area contributed by atoms with E-state index < -0.39 is 0 Å². The van der Waals surface area contributed by atoms with E-state index >= 15 is 0 Å². The van der Waals surface area contributed by atoms with E-state index in [1.807, 2.05) is 12.1 Å². The van der Waals surface area contributed by atoms with E-state index in [1.54, 1.807) is 14.0 Å². The molecule has 0 saturated carbocycles. The van der Waals surface area contributed by atoms with Gasteiger partial charge >= 0.3 is 5.97 Å². The summed E-state index contributed by atoms with van der Waals surface area (Å²) in [5.41, 5.74) is 1.01. The van der Waals surface area contributed by atoms with E-state index in [4.69, 9.17) is 18.9 Å². The zero-order chi connectivity index (χ0) is 15.1. The highest BCUT2D eigenvalue weighted by Gasteiger charge is 2.18. The summed E-state index contributed by atoms with van der Waals surface area (Å²) in [4.78, 5) is 11.2. The molecule has 0 bridgehead atoms. The van der Waals surface area contributed by atoms with Crippen LogP contribution >= 0.6 is 0 Å². The van der Waals surface area contributed by atoms with Gasteiger partial charge in [-0.05, 0) is 24.6 Å². The summed E-state index contributed by atoms with van der Waals surface area (Å²) in [6.45, 7) is 4.46. The molecule has 0 unspecified atom stereocenters. The Morgan fingerprint density at radius 1 is 1.33 bits per heavy atom. The lowest BCUT2D eigenvalue weighted by atomic mass is 10.1. The second-order valence-electron chi connectivity index (χ2n) is 4.55. The maximum atomic E-state index is 11.2. The molecule has 0 fully saturated rings. The van der Waals surface area contributed by atoms with E-state index in [9.17, 15) is 4.79 Å². The third kappa shape index (κ3) is 4.26. The van der Waals surface area contributed by atoms with Gasteiger partial charge in [-0.15, -0.1) is 0 Å². The van der Waals surface area contributed by atoms with Crippen molar-refractivity contribution in [2.75, 3.05) is 33.5 Å². The highest BCUT2D eigenvalue weighted by molar-refractivity contribution is 5.69. The lowest BCUT2D eigenvalue weighted by Crippen LogP contribution is -2.20. The van der Waals surface area contributed by atoms with Crippen LogP contribution in [0.25, 0.3) is 0 Å². The van der Waals surface area contributed by atoms with Crippen LogP contribution in [0.4, 0.5) is 0 Å². The first-order valence-corrected chi connectivity index (χ1v) is 7.07. The van der Waals surface area contributed by atoms with Crippen LogP contribution < -0.4 is 19.5 Å². The normalized spacial score (nSPS) is 12.9. The molecule has 0 aromatic heterocycles. The molecule has 0 spiro atoms. The average molecular weight is 295 g/mol. The largest absolute Gasteiger partial charge is 0.493 e. The Labute approximate surface area is 124 Å². The molecule has 21 heavy (non-hydrogen) atoms. The van der Waals surface area contributed by atoms with Gasteiger partial charge in [-0.25, -0.2) is 0 Å². The lowest BCUT2D eigenvalue weighted by Gasteiger charge is -2.21. The molecule has 1 aromatic carbocycles. The molecular formula is C15H21NO5. The summed E-state index contributed by atoms with van der Waals surface area (Å²) in [6, 6.07) is 3.83. The van der Waals surface area contributed by atoms with Crippen molar-refractivity contribution in [3.8, 4) is 17.2 Å². The first-order valence-electron chi connectivity index (χ1n) is 7.07. The second kappa shape index (κ2) is 7.73. The highest BCUT2D eigenvalue weighted by Crippen LogP contribution is 2.40. The predicted molar refractivity (Wildman–Crippen MR) is 76.9 cm³/mol. The summed E-state index contributed by atoms with van der Waals surface area (Å²) in [5.74, 6) is 1.82. The molecule has 1 heterocycles. The molecule has 0 atom stereocenters. The Kier molecular flexibility index (Phi) is 5.68. The van der Waals surface area contributed by atoms with E-state index in [-0.39, 0.29) is 5.97 Å². The molecule has 0 saturated heterocycles. The second-order valence-corrected chi connectivity index (χ2v) is 4.55. The van der Waals surface area contributed by atoms with Gasteiger partial charge in [0.2, 0.25) is 5.75 Å². The summed E-state index contributed by atoms with van der Waals surface area (Å²) in [6.07, 6.45) is 0.357. The Morgan fingerprint density at radius 2 is 2.14 bits per heavy atom. The summed E-state index contributed by atoms with van der Waals surface area (Å²) in [5, 5.41) is 3.20. The third-order valence-electron chi connectivity index (χ3n) is 3.03. The van der Waals surface area contributed by atoms with Crippen LogP contribution in [-0.4, -0.2) is 39.4 Å². The van der Waals surface area contributed by atoms with Gasteiger partial charge in [0.15, 0.2) is 11.5 Å². The Balaban J connectivity index is 1.90. The topological polar surface area (TPSA) is 66.0 Å². The number of benzene rings is 1. The number of hydrogen-bond acceptors (Lipinski definition) is 6. The van der Waals surface area contributed by atoms with Crippen molar-refractivity contribution in [3.05, 3.63) is 17.7 Å². The molecule has 0 aliphatic carbocycles. The third-order valence-corrected chi connectivity index (χ3v) is 3.03. The number of carbonyl (C=O) groups is 1. The van der Waals surface area contributed by atoms with E-state index in [1.165, 1.54) is 0 Å². The van der Waals surface area contributed by atoms with E-state index in [0.717, 1.165) is 5.56 Å². The van der Waals surface area contributed by atoms with Crippen LogP contribution in [0, 0.1) is 0 Å². The number of nitrogens with one attached hydrogen (secondary N) is 1. The number of carbonyl (C=O) groups excluding carboxylic acids is 1. The summed E-state index contributed by atoms with van der Waals surface area (Å²) < 4.78 is 21.3. The van der Waals surface area contributed by atoms with E-state index in [0.29, 0.717) is 56.6 Å². The van der Waals surface area contributed by atoms with Gasteiger partial charge in [-0.2, -0.15) is 0 Å². The number of rotatable bonds is 7. The number of fused-ring (bicyclic) bond motifs is 1. The fraction of sp³-hybridized carbons (Fsp3) is 0.533. The zero-order valence-corrected chi connectivity index (χ0v) is 12.4. The predicted octanol–water partition coefficient (Wildman–Crippen LogP) is 1.51. The Bertz CT molecular complexity index is 472. The fourth-order valence-corrected chi connectivity index (χ4v) is 2.09. The molecule has 1 N–H and O–H groups in total. The van der Waals surface area contributed by atoms with Crippen molar-refractivity contribution in [1.29, 1.82) is 0 Å². The number of esters is 1. The molecular weight excluding hydrogens is 274 g/mol. The van der Waals surface area contributed by atoms with Gasteiger partial charge < -0.3 is 24.3 Å². The molecule has 1 aromatic rings. The van der Waals surface area contributed by atoms with Gasteiger partial charge in [-0.1, -0.05) is 0 Å². The van der Waals surface area contributed by atoms with Gasteiger partial charge in [-0.3, -0.25) is 4.79 Å². The van der Waals surface area contributed by atoms with Crippen molar-refractivity contribution in [1.82, 2.24) is 5.32 Å². The van der Waals surface area contributed by atoms with Gasteiger partial charge in [0.05, 0.1) is 20.1 Å². The van der Waals surface area contributed by atoms with Gasteiger partial charge in [0.25, 0.3) is 0 Å². The van der Waals surface area contributed by atoms with Crippen molar-refractivity contribution in [3.63, 3.8) is 0 Å². The molecule has 0 radical (unpaired) electrons. The highest BCUT2D eigenvalue weighted by atomic mass is 16.6. The molecule has 6 nitrogen and oxygen atoms in total. The lowest BCUT2D eigenvalue weighted by molar-refractivity contribution is -0.142. The number of ether oxygens (including phenoxy) is 4. The van der Waals surface area contributed by atoms with Crippen LogP contribution in [0.1, 0.15) is 18.9 Å². The standard InChI is InChI=1S/C15H21NO5/c1-3-19-14(17)4-5-16-10-11-8-12(18-2)15-13(9-11)20-6-7-21-15/h8-9,16H,3-7,10H2,1-2H3. The maximum absolute atomic E-state index is 11.2. The fourth-order valence-electron chi connectivity index (χ4n) is 2.09. The van der Waals surface area contributed by atoms with Crippen LogP contribution in [-0.2, 0) is 16.1 Å². The first kappa shape index (κ1) is 15.4. The number of hydrogen-bond donors (Lipinski definition) is 1. The molecule has 1 aliphatic rings. The quantitative estimate of drug-likeness (QED) is 0.607. The van der Waals surface area contributed by atoms with Gasteiger partial charge in [0.1, 0.15) is 13.2 Å². The molecule has 6 heteroatoms. The van der Waals surface area contributed by atoms with Crippen LogP contribution in [0.3, 0.4) is 0 Å². The summed E-state index contributed by atoms with van der Waals surface area (Å²) >= 11 is 0. The van der Waals surface area contributed by atoms with Crippen LogP contribution in [0.15, 0.2) is 12.1 Å². The minimum atomic E-state index is -0.190. The average Bonchev–Trinajstić information content (AvgIpc) is 2.51. The minimum Gasteiger partial charge on any atom is -0.493 e. The number of methoxy groups -OCH3 is 1. The molecule has 1 aliphatic heterocycles. The maximum Gasteiger partial charge on any atom is 0.307 e. The Morgan fingerprint density at radius 3 is 2.90 bits per heavy atom. The van der Waals surface area contributed by atoms with Crippen molar-refractivity contribution in [2.45, 2.75) is 19.9 Å². The molecule has 2 rings (SSSR count). The molecule has 0 amide bonds. The van der Waals surface area contributed by atoms with Crippen LogP contribution in [0.5, 0.6) is 17.2 Å². The molecule has 116 valence electrons. The smallest absolute Gasteiger partial charge is 0.307 e. The van der Waals surface area contributed by atoms with Crippen LogP contribution in [0.2, 0.25) is 0 Å². The van der Waals surface area contributed by atoms with Gasteiger partial charge in [0, 0.05) is 13.1 Å². The SMILES string of the molecule is CCOC(=O)CCNCc1cc(OC)c2c(c1)OCCO2. The monoisotopic (exact) mass is 295 g/mol. The van der Waals surface area contributed by atoms with E-state index in [2.05, 4.69) is 5.32 Å². The first-order chi connectivity index (χ1) is 10.2. The van der Waals surface area contributed by atoms with Crippen molar-refractivity contribution in [2.24, 2.45) is 0 Å². The van der Waals surface area contributed by atoms with Crippen molar-refractivity contribution < 1.29 is 23.7 Å².